The summed E-state index contributed by atoms with van der Waals surface area (Å²) in [6.07, 6.45) is 4.90. The second-order valence-electron chi connectivity index (χ2n) is 6.42. The highest BCUT2D eigenvalue weighted by Crippen LogP contribution is 2.25. The minimum atomic E-state index is -3.31. The van der Waals surface area contributed by atoms with Gasteiger partial charge in [-0.3, -0.25) is 4.79 Å². The molecule has 6 nitrogen and oxygen atoms in total. The zero-order valence-corrected chi connectivity index (χ0v) is 15.1. The highest BCUT2D eigenvalue weighted by atomic mass is 35.5. The number of hydrogen-bond donors (Lipinski definition) is 0. The first kappa shape index (κ1) is 17.5. The monoisotopic (exact) mass is 371 g/mol. The summed E-state index contributed by atoms with van der Waals surface area (Å²) in [6.45, 7) is 2.32. The summed E-state index contributed by atoms with van der Waals surface area (Å²) in [5.41, 5.74) is 0. The summed E-state index contributed by atoms with van der Waals surface area (Å²) in [7, 11) is -3.31. The van der Waals surface area contributed by atoms with E-state index in [1.54, 1.807) is 17.2 Å². The van der Waals surface area contributed by atoms with Gasteiger partial charge in [0.2, 0.25) is 5.91 Å². The Hall–Kier alpha value is -1.34. The molecule has 0 aromatic carbocycles. The van der Waals surface area contributed by atoms with Crippen molar-refractivity contribution in [1.82, 2.24) is 9.88 Å². The van der Waals surface area contributed by atoms with E-state index in [2.05, 4.69) is 9.88 Å². The van der Waals surface area contributed by atoms with Crippen LogP contribution in [0, 0.1) is 0 Å². The first-order chi connectivity index (χ1) is 11.5. The highest BCUT2D eigenvalue weighted by Gasteiger charge is 2.33. The average Bonchev–Trinajstić information content (AvgIpc) is 3.11. The van der Waals surface area contributed by atoms with Crippen LogP contribution in [-0.4, -0.2) is 61.4 Å². The van der Waals surface area contributed by atoms with Crippen LogP contribution < -0.4 is 4.90 Å². The zero-order valence-electron chi connectivity index (χ0n) is 13.5. The van der Waals surface area contributed by atoms with E-state index >= 15 is 0 Å². The fourth-order valence-corrected chi connectivity index (χ4v) is 5.29. The van der Waals surface area contributed by atoms with Gasteiger partial charge in [-0.1, -0.05) is 24.4 Å². The summed E-state index contributed by atoms with van der Waals surface area (Å²) in [5.74, 6) is 0.201. The average molecular weight is 372 g/mol. The number of aromatic nitrogens is 1. The normalized spacial score (nSPS) is 19.7. The molecule has 1 amide bonds. The zero-order chi connectivity index (χ0) is 17.2. The maximum absolute atomic E-state index is 12.4. The van der Waals surface area contributed by atoms with E-state index in [4.69, 9.17) is 11.6 Å². The van der Waals surface area contributed by atoms with Crippen molar-refractivity contribution in [3.05, 3.63) is 23.4 Å². The minimum absolute atomic E-state index is 0.273. The second kappa shape index (κ2) is 7.27. The molecule has 1 saturated carbocycles. The summed E-state index contributed by atoms with van der Waals surface area (Å²) < 4.78 is 24.6. The van der Waals surface area contributed by atoms with Gasteiger partial charge in [0, 0.05) is 32.4 Å². The molecule has 0 radical (unpaired) electrons. The smallest absolute Gasteiger partial charge is 0.237 e. The molecule has 8 heteroatoms. The van der Waals surface area contributed by atoms with Gasteiger partial charge in [-0.05, 0) is 25.0 Å². The summed E-state index contributed by atoms with van der Waals surface area (Å²) in [4.78, 5) is 20.4. The molecule has 3 rings (SSSR count). The van der Waals surface area contributed by atoms with Crippen LogP contribution in [0.4, 0.5) is 5.82 Å². The molecule has 0 bridgehead atoms. The van der Waals surface area contributed by atoms with Gasteiger partial charge >= 0.3 is 0 Å². The second-order valence-corrected chi connectivity index (χ2v) is 9.13. The Morgan fingerprint density at radius 1 is 1.17 bits per heavy atom. The first-order valence-corrected chi connectivity index (χ1v) is 10.4. The fraction of sp³-hybridized carbons (Fsp3) is 0.625. The quantitative estimate of drug-likeness (QED) is 0.806. The molecule has 2 heterocycles. The Kier molecular flexibility index (Phi) is 5.30. The van der Waals surface area contributed by atoms with Crippen LogP contribution in [0.1, 0.15) is 25.7 Å². The number of halogens is 1. The molecule has 1 aromatic rings. The fourth-order valence-electron chi connectivity index (χ4n) is 3.37. The predicted octanol–water partition coefficient (Wildman–Crippen LogP) is 1.74. The molecule has 24 heavy (non-hydrogen) atoms. The third kappa shape index (κ3) is 4.00. The minimum Gasteiger partial charge on any atom is -0.353 e. The van der Waals surface area contributed by atoms with Crippen LogP contribution in [0.15, 0.2) is 18.3 Å². The van der Waals surface area contributed by atoms with Crippen molar-refractivity contribution >= 4 is 33.2 Å². The van der Waals surface area contributed by atoms with Crippen molar-refractivity contribution in [3.63, 3.8) is 0 Å². The molecular formula is C16H22ClN3O3S. The van der Waals surface area contributed by atoms with E-state index in [1.807, 2.05) is 6.07 Å². The lowest BCUT2D eigenvalue weighted by Gasteiger charge is -2.35. The van der Waals surface area contributed by atoms with E-state index in [1.165, 1.54) is 0 Å². The number of piperazine rings is 1. The molecule has 0 N–H and O–H groups in total. The predicted molar refractivity (Wildman–Crippen MR) is 94.1 cm³/mol. The highest BCUT2D eigenvalue weighted by molar-refractivity contribution is 7.92. The molecule has 0 atom stereocenters. The first-order valence-electron chi connectivity index (χ1n) is 8.31. The van der Waals surface area contributed by atoms with Gasteiger partial charge in [0.15, 0.2) is 9.84 Å². The standard InChI is InChI=1S/C16H22ClN3O3S/c17-13-5-6-15(18-11-13)19-7-9-20(10-8-19)16(21)12-24(22,23)14-3-1-2-4-14/h5-6,11,14H,1-4,7-10,12H2. The molecule has 1 aliphatic heterocycles. The van der Waals surface area contributed by atoms with Gasteiger partial charge < -0.3 is 9.80 Å². The Balaban J connectivity index is 1.54. The lowest BCUT2D eigenvalue weighted by atomic mass is 10.3. The number of carbonyl (C=O) groups is 1. The largest absolute Gasteiger partial charge is 0.353 e. The van der Waals surface area contributed by atoms with Crippen LogP contribution >= 0.6 is 11.6 Å². The molecule has 132 valence electrons. The van der Waals surface area contributed by atoms with Gasteiger partial charge in [-0.2, -0.15) is 0 Å². The lowest BCUT2D eigenvalue weighted by Crippen LogP contribution is -2.50. The number of carbonyl (C=O) groups excluding carboxylic acids is 1. The number of amides is 1. The van der Waals surface area contributed by atoms with E-state index in [9.17, 15) is 13.2 Å². The number of anilines is 1. The molecule has 1 saturated heterocycles. The van der Waals surface area contributed by atoms with Crippen molar-refractivity contribution in [2.24, 2.45) is 0 Å². The number of sulfone groups is 1. The van der Waals surface area contributed by atoms with E-state index in [-0.39, 0.29) is 16.9 Å². The van der Waals surface area contributed by atoms with Gasteiger partial charge in [-0.15, -0.1) is 0 Å². The Morgan fingerprint density at radius 2 is 1.83 bits per heavy atom. The Bertz CT molecular complexity index is 679. The Morgan fingerprint density at radius 3 is 2.42 bits per heavy atom. The molecule has 0 spiro atoms. The van der Waals surface area contributed by atoms with Crippen molar-refractivity contribution in [3.8, 4) is 0 Å². The molecule has 2 fully saturated rings. The summed E-state index contributed by atoms with van der Waals surface area (Å²) >= 11 is 5.84. The van der Waals surface area contributed by atoms with Gasteiger partial charge in [0.25, 0.3) is 0 Å². The number of nitrogens with zero attached hydrogens (tertiary/aromatic N) is 3. The molecular weight excluding hydrogens is 350 g/mol. The molecule has 0 unspecified atom stereocenters. The van der Waals surface area contributed by atoms with Crippen LogP contribution in [0.3, 0.4) is 0 Å². The van der Waals surface area contributed by atoms with Gasteiger partial charge in [0.05, 0.1) is 10.3 Å². The number of pyridine rings is 1. The lowest BCUT2D eigenvalue weighted by molar-refractivity contribution is -0.128. The van der Waals surface area contributed by atoms with Crippen molar-refractivity contribution in [2.75, 3.05) is 36.8 Å². The maximum atomic E-state index is 12.4. The van der Waals surface area contributed by atoms with Crippen molar-refractivity contribution in [1.29, 1.82) is 0 Å². The number of rotatable bonds is 4. The van der Waals surface area contributed by atoms with Gasteiger partial charge in [0.1, 0.15) is 11.6 Å². The van der Waals surface area contributed by atoms with Gasteiger partial charge in [-0.25, -0.2) is 13.4 Å². The van der Waals surface area contributed by atoms with Crippen LogP contribution in [-0.2, 0) is 14.6 Å². The van der Waals surface area contributed by atoms with E-state index < -0.39 is 9.84 Å². The van der Waals surface area contributed by atoms with E-state index in [0.717, 1.165) is 18.7 Å². The van der Waals surface area contributed by atoms with E-state index in [0.29, 0.717) is 44.0 Å². The summed E-state index contributed by atoms with van der Waals surface area (Å²) in [5, 5.41) is 0.269. The third-order valence-electron chi connectivity index (χ3n) is 4.80. The van der Waals surface area contributed by atoms with Crippen LogP contribution in [0.2, 0.25) is 5.02 Å². The van der Waals surface area contributed by atoms with Crippen LogP contribution in [0.5, 0.6) is 0 Å². The molecule has 1 aromatic heterocycles. The van der Waals surface area contributed by atoms with Crippen molar-refractivity contribution < 1.29 is 13.2 Å². The Labute approximate surface area is 147 Å². The van der Waals surface area contributed by atoms with Crippen LogP contribution in [0.25, 0.3) is 0 Å². The SMILES string of the molecule is O=C(CS(=O)(=O)C1CCCC1)N1CCN(c2ccc(Cl)cn2)CC1. The third-order valence-corrected chi connectivity index (χ3v) is 7.16. The molecule has 2 aliphatic rings. The number of hydrogen-bond acceptors (Lipinski definition) is 5. The molecule has 1 aliphatic carbocycles. The van der Waals surface area contributed by atoms with Crippen molar-refractivity contribution in [2.45, 2.75) is 30.9 Å². The summed E-state index contributed by atoms with van der Waals surface area (Å²) in [6, 6.07) is 3.64. The maximum Gasteiger partial charge on any atom is 0.237 e. The topological polar surface area (TPSA) is 70.6 Å².